The summed E-state index contributed by atoms with van der Waals surface area (Å²) in [5.41, 5.74) is 14.3. The lowest BCUT2D eigenvalue weighted by Crippen LogP contribution is -2.22. The van der Waals surface area contributed by atoms with Crippen molar-refractivity contribution in [2.24, 2.45) is 10.7 Å². The molecule has 0 saturated carbocycles. The lowest BCUT2D eigenvalue weighted by Gasteiger charge is -2.04. The number of nitrogen functional groups attached to an aromatic ring is 1. The molecule has 28 heavy (non-hydrogen) atoms. The smallest absolute Gasteiger partial charge is 0.193 e. The van der Waals surface area contributed by atoms with Crippen LogP contribution < -0.4 is 16.8 Å². The number of benzene rings is 2. The van der Waals surface area contributed by atoms with Crippen molar-refractivity contribution < 1.29 is 4.39 Å². The summed E-state index contributed by atoms with van der Waals surface area (Å²) in [5, 5.41) is 16.8. The van der Waals surface area contributed by atoms with Gasteiger partial charge in [0.25, 0.3) is 0 Å². The van der Waals surface area contributed by atoms with E-state index in [1.807, 2.05) is 30.3 Å². The van der Waals surface area contributed by atoms with Crippen LogP contribution in [-0.2, 0) is 6.42 Å². The second-order valence-electron chi connectivity index (χ2n) is 6.07. The molecular weight excluding hydrogens is 357 g/mol. The minimum absolute atomic E-state index is 0.234. The van der Waals surface area contributed by atoms with Gasteiger partial charge in [0.1, 0.15) is 23.3 Å². The van der Waals surface area contributed by atoms with Crippen molar-refractivity contribution >= 4 is 17.5 Å². The van der Waals surface area contributed by atoms with Gasteiger partial charge in [-0.15, -0.1) is 0 Å². The molecule has 0 unspecified atom stereocenters. The third-order valence-electron chi connectivity index (χ3n) is 4.08. The largest absolute Gasteiger partial charge is 0.382 e. The highest BCUT2D eigenvalue weighted by Crippen LogP contribution is 2.21. The Morgan fingerprint density at radius 1 is 1.18 bits per heavy atom. The first kappa shape index (κ1) is 18.9. The molecule has 1 aromatic heterocycles. The van der Waals surface area contributed by atoms with E-state index in [4.69, 9.17) is 11.5 Å². The molecule has 0 fully saturated rings. The Balaban J connectivity index is 1.64. The number of aliphatic imine (C=N–C) groups is 1. The molecule has 2 aromatic carbocycles. The van der Waals surface area contributed by atoms with Gasteiger partial charge in [0.15, 0.2) is 5.96 Å². The normalized spacial score (nSPS) is 11.2. The molecule has 0 aliphatic heterocycles. The van der Waals surface area contributed by atoms with Crippen LogP contribution in [0.1, 0.15) is 17.7 Å². The maximum Gasteiger partial charge on any atom is 0.193 e. The van der Waals surface area contributed by atoms with Gasteiger partial charge in [-0.1, -0.05) is 18.2 Å². The number of nitrogens with two attached hydrogens (primary N) is 2. The van der Waals surface area contributed by atoms with Gasteiger partial charge in [-0.25, -0.2) is 9.07 Å². The lowest BCUT2D eigenvalue weighted by atomic mass is 10.1. The lowest BCUT2D eigenvalue weighted by molar-refractivity contribution is 0.627. The summed E-state index contributed by atoms with van der Waals surface area (Å²) in [7, 11) is 0. The highest BCUT2D eigenvalue weighted by molar-refractivity contribution is 5.92. The molecule has 3 aromatic rings. The van der Waals surface area contributed by atoms with Crippen LogP contribution in [0.2, 0.25) is 0 Å². The Morgan fingerprint density at radius 3 is 2.57 bits per heavy atom. The van der Waals surface area contributed by atoms with Crippen LogP contribution in [0.25, 0.3) is 5.69 Å². The topological polar surface area (TPSA) is 118 Å². The summed E-state index contributed by atoms with van der Waals surface area (Å²) in [5.74, 6) is 0.204. The Labute approximate surface area is 162 Å². The highest BCUT2D eigenvalue weighted by atomic mass is 19.1. The molecule has 3 rings (SSSR count). The second-order valence-corrected chi connectivity index (χ2v) is 6.07. The van der Waals surface area contributed by atoms with Crippen LogP contribution in [0.15, 0.2) is 59.6 Å². The van der Waals surface area contributed by atoms with Gasteiger partial charge < -0.3 is 16.8 Å². The van der Waals surface area contributed by atoms with Gasteiger partial charge in [-0.05, 0) is 49.2 Å². The van der Waals surface area contributed by atoms with Gasteiger partial charge in [0.2, 0.25) is 0 Å². The van der Waals surface area contributed by atoms with E-state index in [9.17, 15) is 9.65 Å². The first-order valence-electron chi connectivity index (χ1n) is 8.74. The number of nitrogens with zero attached hydrogens (tertiary/aromatic N) is 4. The first-order chi connectivity index (χ1) is 13.6. The quantitative estimate of drug-likeness (QED) is 0.347. The van der Waals surface area contributed by atoms with E-state index in [2.05, 4.69) is 21.5 Å². The van der Waals surface area contributed by atoms with Crippen molar-refractivity contribution in [2.45, 2.75) is 12.8 Å². The van der Waals surface area contributed by atoms with Crippen molar-refractivity contribution in [3.8, 4) is 11.8 Å². The number of nitrogens with one attached hydrogen (secondary N) is 1. The van der Waals surface area contributed by atoms with E-state index < -0.39 is 0 Å². The SMILES string of the molecule is N#Cc1c(CCCN=C(N)Nc2ccccc2)nn(-c2ccc(F)cc2)c1N. The average molecular weight is 377 g/mol. The van der Waals surface area contributed by atoms with Crippen molar-refractivity contribution in [3.63, 3.8) is 0 Å². The summed E-state index contributed by atoms with van der Waals surface area (Å²) < 4.78 is 14.6. The van der Waals surface area contributed by atoms with Crippen LogP contribution in [-0.4, -0.2) is 22.3 Å². The molecule has 142 valence electrons. The Kier molecular flexibility index (Phi) is 5.87. The van der Waals surface area contributed by atoms with Gasteiger partial charge in [-0.2, -0.15) is 10.4 Å². The number of halogens is 1. The van der Waals surface area contributed by atoms with Gasteiger partial charge in [0.05, 0.1) is 11.4 Å². The minimum atomic E-state index is -0.352. The number of aromatic nitrogens is 2. The fourth-order valence-corrected chi connectivity index (χ4v) is 2.71. The molecule has 0 radical (unpaired) electrons. The fraction of sp³-hybridized carbons (Fsp3) is 0.150. The first-order valence-corrected chi connectivity index (χ1v) is 8.74. The molecule has 8 heteroatoms. The number of hydrogen-bond acceptors (Lipinski definition) is 4. The van der Waals surface area contributed by atoms with E-state index in [0.717, 1.165) is 5.69 Å². The van der Waals surface area contributed by atoms with Crippen molar-refractivity contribution in [2.75, 3.05) is 17.6 Å². The summed E-state index contributed by atoms with van der Waals surface area (Å²) in [6, 6.07) is 17.4. The fourth-order valence-electron chi connectivity index (χ4n) is 2.71. The molecular formula is C20H20FN7. The van der Waals surface area contributed by atoms with E-state index in [1.165, 1.54) is 16.8 Å². The Bertz CT molecular complexity index is 1000. The average Bonchev–Trinajstić information content (AvgIpc) is 3.02. The zero-order valence-electron chi connectivity index (χ0n) is 15.1. The summed E-state index contributed by atoms with van der Waals surface area (Å²) in [6.07, 6.45) is 1.16. The molecule has 1 heterocycles. The summed E-state index contributed by atoms with van der Waals surface area (Å²) >= 11 is 0. The predicted octanol–water partition coefficient (Wildman–Crippen LogP) is 2.82. The predicted molar refractivity (Wildman–Crippen MR) is 108 cm³/mol. The third kappa shape index (κ3) is 4.45. The maximum absolute atomic E-state index is 13.1. The van der Waals surface area contributed by atoms with E-state index in [0.29, 0.717) is 42.3 Å². The van der Waals surface area contributed by atoms with Crippen LogP contribution in [0.4, 0.5) is 15.9 Å². The van der Waals surface area contributed by atoms with Crippen molar-refractivity contribution in [1.82, 2.24) is 9.78 Å². The van der Waals surface area contributed by atoms with Crippen LogP contribution >= 0.6 is 0 Å². The highest BCUT2D eigenvalue weighted by Gasteiger charge is 2.16. The summed E-state index contributed by atoms with van der Waals surface area (Å²) in [6.45, 7) is 0.472. The van der Waals surface area contributed by atoms with Crippen molar-refractivity contribution in [3.05, 3.63) is 71.7 Å². The molecule has 0 aliphatic rings. The number of aryl methyl sites for hydroxylation is 1. The number of nitriles is 1. The molecule has 0 aliphatic carbocycles. The van der Waals surface area contributed by atoms with Crippen LogP contribution in [0.5, 0.6) is 0 Å². The molecule has 0 atom stereocenters. The van der Waals surface area contributed by atoms with E-state index in [1.54, 1.807) is 12.1 Å². The summed E-state index contributed by atoms with van der Waals surface area (Å²) in [4.78, 5) is 4.28. The van der Waals surface area contributed by atoms with Gasteiger partial charge >= 0.3 is 0 Å². The Hall–Kier alpha value is -3.86. The van der Waals surface area contributed by atoms with Gasteiger partial charge in [-0.3, -0.25) is 4.99 Å². The van der Waals surface area contributed by atoms with Crippen LogP contribution in [0.3, 0.4) is 0 Å². The van der Waals surface area contributed by atoms with E-state index >= 15 is 0 Å². The monoisotopic (exact) mass is 377 g/mol. The standard InChI is InChI=1S/C20H20FN7/c21-14-8-10-16(11-9-14)28-19(23)17(13-22)18(27-28)7-4-12-25-20(24)26-15-5-2-1-3-6-15/h1-3,5-6,8-11H,4,7,12,23H2,(H3,24,25,26). The molecule has 0 saturated heterocycles. The third-order valence-corrected chi connectivity index (χ3v) is 4.08. The Morgan fingerprint density at radius 2 is 1.89 bits per heavy atom. The second kappa shape index (κ2) is 8.68. The molecule has 7 nitrogen and oxygen atoms in total. The minimum Gasteiger partial charge on any atom is -0.382 e. The number of rotatable bonds is 6. The van der Waals surface area contributed by atoms with E-state index in [-0.39, 0.29) is 11.6 Å². The maximum atomic E-state index is 13.1. The zero-order chi connectivity index (χ0) is 19.9. The van der Waals surface area contributed by atoms with Gasteiger partial charge in [0, 0.05) is 12.2 Å². The molecule has 0 spiro atoms. The number of anilines is 2. The number of para-hydroxylation sites is 1. The molecule has 5 N–H and O–H groups in total. The number of guanidine groups is 1. The van der Waals surface area contributed by atoms with Crippen LogP contribution in [0, 0.1) is 17.1 Å². The molecule has 0 amide bonds. The van der Waals surface area contributed by atoms with Crippen molar-refractivity contribution in [1.29, 1.82) is 5.26 Å². The number of hydrogen-bond donors (Lipinski definition) is 3. The molecule has 0 bridgehead atoms. The zero-order valence-corrected chi connectivity index (χ0v) is 15.1.